The number of hydrogen-bond donors (Lipinski definition) is 0. The Morgan fingerprint density at radius 3 is 2.29 bits per heavy atom. The molecule has 0 bridgehead atoms. The van der Waals surface area contributed by atoms with Gasteiger partial charge in [-0.2, -0.15) is 0 Å². The molecule has 9 heteroatoms. The number of aryl methyl sites for hydroxylation is 1. The second kappa shape index (κ2) is 5.66. The second-order valence-corrected chi connectivity index (χ2v) is 5.01. The Morgan fingerprint density at radius 2 is 1.71 bits per heavy atom. The summed E-state index contributed by atoms with van der Waals surface area (Å²) in [4.78, 5) is 19.0. The molecule has 1 aromatic carbocycles. The monoisotopic (exact) mass is 341 g/mol. The van der Waals surface area contributed by atoms with Gasteiger partial charge in [0.05, 0.1) is 16.5 Å². The first-order valence-corrected chi connectivity index (χ1v) is 6.58. The van der Waals surface area contributed by atoms with Crippen LogP contribution < -0.4 is 5.56 Å². The lowest BCUT2D eigenvalue weighted by Crippen LogP contribution is -2.19. The summed E-state index contributed by atoms with van der Waals surface area (Å²) in [6, 6.07) is 0.877. The number of fused-ring (bicyclic) bond motifs is 1. The van der Waals surface area contributed by atoms with Gasteiger partial charge in [-0.3, -0.25) is 4.79 Å². The zero-order chi connectivity index (χ0) is 17.6. The van der Waals surface area contributed by atoms with Gasteiger partial charge < -0.3 is 4.57 Å². The lowest BCUT2D eigenvalue weighted by atomic mass is 10.1. The predicted molar refractivity (Wildman–Crippen MR) is 75.0 cm³/mol. The number of nitrogens with zero attached hydrogens (tertiary/aromatic N) is 3. The summed E-state index contributed by atoms with van der Waals surface area (Å²) in [5.74, 6) is -4.37. The minimum Gasteiger partial charge on any atom is -0.315 e. The number of alkyl halides is 2. The first-order valence-electron chi connectivity index (χ1n) is 6.58. The SMILES string of the molecule is Cn1cc(F)c2cc(-c3ncc(C(F)F)cn3)c(F)c(F)c2c1=O. The molecule has 0 N–H and O–H groups in total. The van der Waals surface area contributed by atoms with Gasteiger partial charge >= 0.3 is 0 Å². The van der Waals surface area contributed by atoms with Gasteiger partial charge in [0.15, 0.2) is 17.5 Å². The van der Waals surface area contributed by atoms with E-state index in [4.69, 9.17) is 0 Å². The first kappa shape index (κ1) is 16.0. The molecule has 0 aliphatic carbocycles. The van der Waals surface area contributed by atoms with Crippen molar-refractivity contribution in [3.63, 3.8) is 0 Å². The van der Waals surface area contributed by atoms with Gasteiger partial charge in [-0.1, -0.05) is 0 Å². The van der Waals surface area contributed by atoms with Gasteiger partial charge in [-0.25, -0.2) is 31.9 Å². The van der Waals surface area contributed by atoms with E-state index in [-0.39, 0.29) is 0 Å². The van der Waals surface area contributed by atoms with E-state index < -0.39 is 57.2 Å². The quantitative estimate of drug-likeness (QED) is 0.672. The summed E-state index contributed by atoms with van der Waals surface area (Å²) >= 11 is 0. The van der Waals surface area contributed by atoms with Gasteiger partial charge in [0.25, 0.3) is 12.0 Å². The molecule has 0 saturated heterocycles. The van der Waals surface area contributed by atoms with Crippen molar-refractivity contribution in [2.45, 2.75) is 6.43 Å². The van der Waals surface area contributed by atoms with Crippen LogP contribution >= 0.6 is 0 Å². The summed E-state index contributed by atoms with van der Waals surface area (Å²) < 4.78 is 68.3. The zero-order valence-electron chi connectivity index (χ0n) is 12.0. The van der Waals surface area contributed by atoms with Crippen molar-refractivity contribution in [3.8, 4) is 11.4 Å². The molecule has 4 nitrogen and oxygen atoms in total. The first-order chi connectivity index (χ1) is 11.3. The number of benzene rings is 1. The van der Waals surface area contributed by atoms with E-state index in [2.05, 4.69) is 9.97 Å². The van der Waals surface area contributed by atoms with E-state index in [9.17, 15) is 26.7 Å². The fraction of sp³-hybridized carbons (Fsp3) is 0.133. The van der Waals surface area contributed by atoms with Gasteiger partial charge in [-0.05, 0) is 6.07 Å². The van der Waals surface area contributed by atoms with E-state index in [1.807, 2.05) is 0 Å². The predicted octanol–water partition coefficient (Wildman–Crippen LogP) is 3.35. The highest BCUT2D eigenvalue weighted by molar-refractivity contribution is 5.87. The highest BCUT2D eigenvalue weighted by Gasteiger charge is 2.22. The van der Waals surface area contributed by atoms with Crippen LogP contribution in [0.15, 0.2) is 29.5 Å². The van der Waals surface area contributed by atoms with Crippen LogP contribution in [-0.2, 0) is 7.05 Å². The smallest absolute Gasteiger partial charge is 0.266 e. The van der Waals surface area contributed by atoms with Crippen molar-refractivity contribution < 1.29 is 22.0 Å². The number of hydrogen-bond acceptors (Lipinski definition) is 3. The molecular formula is C15H8F5N3O. The fourth-order valence-electron chi connectivity index (χ4n) is 2.25. The van der Waals surface area contributed by atoms with Crippen LogP contribution in [0.5, 0.6) is 0 Å². The van der Waals surface area contributed by atoms with Crippen molar-refractivity contribution in [1.82, 2.24) is 14.5 Å². The maximum Gasteiger partial charge on any atom is 0.266 e. The van der Waals surface area contributed by atoms with E-state index in [1.54, 1.807) is 0 Å². The van der Waals surface area contributed by atoms with Crippen molar-refractivity contribution in [3.05, 3.63) is 58.0 Å². The molecule has 0 fully saturated rings. The topological polar surface area (TPSA) is 47.8 Å². The standard InChI is InChI=1S/C15H8F5N3O/c1-23-5-9(16)7-2-8(11(17)12(18)10(7)15(23)24)14-21-3-6(4-22-14)13(19)20/h2-5,13H,1H3. The Hall–Kier alpha value is -2.84. The van der Waals surface area contributed by atoms with Crippen molar-refractivity contribution in [1.29, 1.82) is 0 Å². The molecule has 124 valence electrons. The van der Waals surface area contributed by atoms with Gasteiger partial charge in [0, 0.05) is 31.0 Å². The molecule has 3 rings (SSSR count). The maximum absolute atomic E-state index is 14.2. The molecule has 2 heterocycles. The van der Waals surface area contributed by atoms with Crippen LogP contribution in [0.3, 0.4) is 0 Å². The van der Waals surface area contributed by atoms with Gasteiger partial charge in [-0.15, -0.1) is 0 Å². The highest BCUT2D eigenvalue weighted by Crippen LogP contribution is 2.29. The third kappa shape index (κ3) is 2.41. The van der Waals surface area contributed by atoms with E-state index >= 15 is 0 Å². The average molecular weight is 341 g/mol. The molecule has 0 atom stereocenters. The van der Waals surface area contributed by atoms with E-state index in [0.29, 0.717) is 0 Å². The lowest BCUT2D eigenvalue weighted by Gasteiger charge is -2.09. The Bertz CT molecular complexity index is 999. The van der Waals surface area contributed by atoms with Crippen molar-refractivity contribution >= 4 is 10.8 Å². The normalized spacial score (nSPS) is 11.5. The third-order valence-corrected chi connectivity index (χ3v) is 3.47. The summed E-state index contributed by atoms with van der Waals surface area (Å²) in [6.45, 7) is 0. The molecule has 0 saturated carbocycles. The second-order valence-electron chi connectivity index (χ2n) is 5.01. The molecule has 24 heavy (non-hydrogen) atoms. The van der Waals surface area contributed by atoms with E-state index in [1.165, 1.54) is 7.05 Å². The Morgan fingerprint density at radius 1 is 1.08 bits per heavy atom. The van der Waals surface area contributed by atoms with Crippen LogP contribution in [0.25, 0.3) is 22.2 Å². The molecule has 3 aromatic rings. The molecule has 2 aromatic heterocycles. The molecule has 0 radical (unpaired) electrons. The fourth-order valence-corrected chi connectivity index (χ4v) is 2.25. The van der Waals surface area contributed by atoms with Crippen LogP contribution in [0, 0.1) is 17.5 Å². The van der Waals surface area contributed by atoms with Gasteiger partial charge in [0.1, 0.15) is 5.82 Å². The number of halogens is 5. The Labute approximate surface area is 131 Å². The largest absolute Gasteiger partial charge is 0.315 e. The summed E-state index contributed by atoms with van der Waals surface area (Å²) in [7, 11) is 1.20. The summed E-state index contributed by atoms with van der Waals surface area (Å²) in [5.41, 5.74) is -1.95. The number of aromatic nitrogens is 3. The van der Waals surface area contributed by atoms with Crippen LogP contribution in [0.2, 0.25) is 0 Å². The third-order valence-electron chi connectivity index (χ3n) is 3.47. The van der Waals surface area contributed by atoms with Crippen LogP contribution in [-0.4, -0.2) is 14.5 Å². The summed E-state index contributed by atoms with van der Waals surface area (Å²) in [5, 5.41) is -1.20. The molecule has 0 unspecified atom stereocenters. The minimum absolute atomic E-state index is 0.405. The zero-order valence-corrected chi connectivity index (χ0v) is 12.0. The average Bonchev–Trinajstić information content (AvgIpc) is 2.55. The maximum atomic E-state index is 14.2. The molecule has 0 aliphatic rings. The van der Waals surface area contributed by atoms with E-state index in [0.717, 1.165) is 29.2 Å². The number of pyridine rings is 1. The molecule has 0 amide bonds. The molecular weight excluding hydrogens is 333 g/mol. The molecule has 0 spiro atoms. The summed E-state index contributed by atoms with van der Waals surface area (Å²) in [6.07, 6.45) is -0.478. The lowest BCUT2D eigenvalue weighted by molar-refractivity contribution is 0.150. The van der Waals surface area contributed by atoms with Gasteiger partial charge in [0.2, 0.25) is 0 Å². The van der Waals surface area contributed by atoms with Crippen molar-refractivity contribution in [2.24, 2.45) is 7.05 Å². The highest BCUT2D eigenvalue weighted by atomic mass is 19.3. The molecule has 0 aliphatic heterocycles. The number of rotatable bonds is 2. The Balaban J connectivity index is 2.30. The van der Waals surface area contributed by atoms with Crippen LogP contribution in [0.4, 0.5) is 22.0 Å². The van der Waals surface area contributed by atoms with Crippen molar-refractivity contribution in [2.75, 3.05) is 0 Å². The minimum atomic E-state index is -2.82. The van der Waals surface area contributed by atoms with Crippen LogP contribution in [0.1, 0.15) is 12.0 Å². The Kier molecular flexibility index (Phi) is 3.78.